The lowest BCUT2D eigenvalue weighted by Gasteiger charge is -2.37. The normalized spacial score (nSPS) is 19.8. The Labute approximate surface area is 81.7 Å². The van der Waals surface area contributed by atoms with E-state index in [0.717, 1.165) is 19.5 Å². The summed E-state index contributed by atoms with van der Waals surface area (Å²) in [5, 5.41) is 12.9. The van der Waals surface area contributed by atoms with Gasteiger partial charge >= 0.3 is 0 Å². The first-order valence-corrected chi connectivity index (χ1v) is 5.70. The first kappa shape index (κ1) is 11.0. The number of hydrogen-bond donors (Lipinski definition) is 2. The van der Waals surface area contributed by atoms with Gasteiger partial charge in [-0.05, 0) is 6.42 Å². The van der Waals surface area contributed by atoms with Gasteiger partial charge in [0.2, 0.25) is 0 Å². The molecule has 0 aromatic rings. The van der Waals surface area contributed by atoms with Crippen LogP contribution >= 0.6 is 0 Å². The first-order chi connectivity index (χ1) is 6.27. The molecule has 1 aliphatic rings. The quantitative estimate of drug-likeness (QED) is 0.595. The van der Waals surface area contributed by atoms with Crippen molar-refractivity contribution in [1.82, 2.24) is 5.32 Å². The maximum Gasteiger partial charge on any atom is 0.0895 e. The first-order valence-electron chi connectivity index (χ1n) is 5.70. The van der Waals surface area contributed by atoms with E-state index < -0.39 is 0 Å². The fraction of sp³-hybridized carbons (Fsp3) is 1.00. The van der Waals surface area contributed by atoms with Crippen molar-refractivity contribution in [2.45, 2.75) is 57.5 Å². The number of nitrogens with one attached hydrogen (secondary N) is 1. The van der Waals surface area contributed by atoms with Gasteiger partial charge in [0, 0.05) is 13.1 Å². The van der Waals surface area contributed by atoms with Gasteiger partial charge < -0.3 is 10.4 Å². The Morgan fingerprint density at radius 2 is 1.69 bits per heavy atom. The summed E-state index contributed by atoms with van der Waals surface area (Å²) in [6.07, 6.45) is 8.88. The summed E-state index contributed by atoms with van der Waals surface area (Å²) < 4.78 is 0. The van der Waals surface area contributed by atoms with Gasteiger partial charge in [-0.1, -0.05) is 45.4 Å². The van der Waals surface area contributed by atoms with Gasteiger partial charge in [-0.2, -0.15) is 0 Å². The second-order valence-corrected chi connectivity index (χ2v) is 4.35. The third-order valence-corrected chi connectivity index (χ3v) is 2.90. The summed E-state index contributed by atoms with van der Waals surface area (Å²) in [5.41, 5.74) is -0.343. The van der Waals surface area contributed by atoms with E-state index in [1.54, 1.807) is 0 Å². The Hall–Kier alpha value is -0.0800. The van der Waals surface area contributed by atoms with Crippen molar-refractivity contribution in [3.63, 3.8) is 0 Å². The SMILES string of the molecule is CCCCCCCCC1(O)CNC1. The number of β-amino-alcohol motifs (C(OH)–C–C–N with tert-alkyl or cyclic N) is 1. The Morgan fingerprint density at radius 1 is 1.08 bits per heavy atom. The van der Waals surface area contributed by atoms with Gasteiger partial charge in [0.1, 0.15) is 0 Å². The van der Waals surface area contributed by atoms with E-state index in [9.17, 15) is 5.11 Å². The molecular formula is C11H23NO. The highest BCUT2D eigenvalue weighted by Gasteiger charge is 2.32. The summed E-state index contributed by atoms with van der Waals surface area (Å²) >= 11 is 0. The van der Waals surface area contributed by atoms with E-state index in [1.807, 2.05) is 0 Å². The Bertz CT molecular complexity index is 132. The van der Waals surface area contributed by atoms with E-state index in [-0.39, 0.29) is 5.60 Å². The zero-order valence-electron chi connectivity index (χ0n) is 8.81. The van der Waals surface area contributed by atoms with Crippen molar-refractivity contribution in [3.8, 4) is 0 Å². The zero-order chi connectivity index (χ0) is 9.57. The maximum absolute atomic E-state index is 9.75. The molecule has 0 saturated carbocycles. The molecule has 0 aromatic carbocycles. The van der Waals surface area contributed by atoms with Crippen molar-refractivity contribution < 1.29 is 5.11 Å². The molecule has 1 saturated heterocycles. The smallest absolute Gasteiger partial charge is 0.0895 e. The molecule has 78 valence electrons. The molecule has 1 rings (SSSR count). The summed E-state index contributed by atoms with van der Waals surface area (Å²) in [6.45, 7) is 3.85. The molecule has 0 atom stereocenters. The van der Waals surface area contributed by atoms with Gasteiger partial charge in [0.05, 0.1) is 5.60 Å². The molecule has 0 bridgehead atoms. The Balaban J connectivity index is 1.83. The molecule has 0 aromatic heterocycles. The summed E-state index contributed by atoms with van der Waals surface area (Å²) in [5.74, 6) is 0. The molecule has 0 spiro atoms. The Morgan fingerprint density at radius 3 is 2.23 bits per heavy atom. The van der Waals surface area contributed by atoms with Crippen LogP contribution in [0.4, 0.5) is 0 Å². The van der Waals surface area contributed by atoms with Gasteiger partial charge in [0.25, 0.3) is 0 Å². The zero-order valence-corrected chi connectivity index (χ0v) is 8.81. The molecule has 0 unspecified atom stereocenters. The van der Waals surface area contributed by atoms with Crippen molar-refractivity contribution in [2.24, 2.45) is 0 Å². The van der Waals surface area contributed by atoms with Crippen molar-refractivity contribution in [3.05, 3.63) is 0 Å². The highest BCUT2D eigenvalue weighted by molar-refractivity contribution is 4.91. The minimum absolute atomic E-state index is 0.343. The fourth-order valence-corrected chi connectivity index (χ4v) is 1.82. The molecule has 13 heavy (non-hydrogen) atoms. The van der Waals surface area contributed by atoms with Gasteiger partial charge in [0.15, 0.2) is 0 Å². The topological polar surface area (TPSA) is 32.3 Å². The lowest BCUT2D eigenvalue weighted by atomic mass is 9.90. The molecule has 2 heteroatoms. The summed E-state index contributed by atoms with van der Waals surface area (Å²) in [4.78, 5) is 0. The lowest BCUT2D eigenvalue weighted by Crippen LogP contribution is -2.59. The molecule has 0 amide bonds. The molecule has 0 aliphatic carbocycles. The van der Waals surface area contributed by atoms with Gasteiger partial charge in [-0.15, -0.1) is 0 Å². The van der Waals surface area contributed by atoms with Crippen LogP contribution in [0.2, 0.25) is 0 Å². The van der Waals surface area contributed by atoms with Crippen LogP contribution in [0.3, 0.4) is 0 Å². The lowest BCUT2D eigenvalue weighted by molar-refractivity contribution is -0.0191. The number of unbranched alkanes of at least 4 members (excludes halogenated alkanes) is 5. The minimum Gasteiger partial charge on any atom is -0.387 e. The van der Waals surface area contributed by atoms with Crippen LogP contribution in [-0.4, -0.2) is 23.8 Å². The van der Waals surface area contributed by atoms with Crippen molar-refractivity contribution in [1.29, 1.82) is 0 Å². The maximum atomic E-state index is 9.75. The standard InChI is InChI=1S/C11H23NO/c1-2-3-4-5-6-7-8-11(13)9-12-10-11/h12-13H,2-10H2,1H3. The number of aliphatic hydroxyl groups is 1. The molecule has 1 heterocycles. The van der Waals surface area contributed by atoms with E-state index in [4.69, 9.17) is 0 Å². The number of rotatable bonds is 7. The molecule has 1 aliphatic heterocycles. The van der Waals surface area contributed by atoms with E-state index in [0.29, 0.717) is 0 Å². The highest BCUT2D eigenvalue weighted by atomic mass is 16.3. The van der Waals surface area contributed by atoms with Crippen molar-refractivity contribution in [2.75, 3.05) is 13.1 Å². The minimum atomic E-state index is -0.343. The largest absolute Gasteiger partial charge is 0.387 e. The fourth-order valence-electron chi connectivity index (χ4n) is 1.82. The highest BCUT2D eigenvalue weighted by Crippen LogP contribution is 2.19. The van der Waals surface area contributed by atoms with Crippen LogP contribution in [0.15, 0.2) is 0 Å². The van der Waals surface area contributed by atoms with Gasteiger partial charge in [-0.25, -0.2) is 0 Å². The van der Waals surface area contributed by atoms with Crippen LogP contribution in [0.1, 0.15) is 51.9 Å². The molecular weight excluding hydrogens is 162 g/mol. The molecule has 0 radical (unpaired) electrons. The molecule has 1 fully saturated rings. The third kappa shape index (κ3) is 4.10. The average Bonchev–Trinajstić information content (AvgIpc) is 2.08. The number of hydrogen-bond acceptors (Lipinski definition) is 2. The predicted octanol–water partition coefficient (Wildman–Crippen LogP) is 2.07. The van der Waals surface area contributed by atoms with Crippen LogP contribution in [0.5, 0.6) is 0 Å². The third-order valence-electron chi connectivity index (χ3n) is 2.90. The second-order valence-electron chi connectivity index (χ2n) is 4.35. The van der Waals surface area contributed by atoms with Crippen LogP contribution in [-0.2, 0) is 0 Å². The average molecular weight is 185 g/mol. The monoisotopic (exact) mass is 185 g/mol. The van der Waals surface area contributed by atoms with E-state index in [1.165, 1.54) is 38.5 Å². The van der Waals surface area contributed by atoms with Crippen LogP contribution < -0.4 is 5.32 Å². The van der Waals surface area contributed by atoms with Crippen LogP contribution in [0.25, 0.3) is 0 Å². The van der Waals surface area contributed by atoms with E-state index >= 15 is 0 Å². The summed E-state index contributed by atoms with van der Waals surface area (Å²) in [6, 6.07) is 0. The summed E-state index contributed by atoms with van der Waals surface area (Å²) in [7, 11) is 0. The van der Waals surface area contributed by atoms with E-state index in [2.05, 4.69) is 12.2 Å². The molecule has 2 nitrogen and oxygen atoms in total. The van der Waals surface area contributed by atoms with Gasteiger partial charge in [-0.3, -0.25) is 0 Å². The predicted molar refractivity (Wildman–Crippen MR) is 55.8 cm³/mol. The van der Waals surface area contributed by atoms with Crippen molar-refractivity contribution >= 4 is 0 Å². The van der Waals surface area contributed by atoms with Crippen LogP contribution in [0, 0.1) is 0 Å². The Kier molecular flexibility index (Phi) is 4.74. The second kappa shape index (κ2) is 5.61. The molecule has 2 N–H and O–H groups in total.